The number of hydrogen-bond acceptors (Lipinski definition) is 6. The maximum absolute atomic E-state index is 9.83. The first-order valence-electron chi connectivity index (χ1n) is 1.95. The molecule has 0 aliphatic rings. The Morgan fingerprint density at radius 2 is 1.27 bits per heavy atom. The molecule has 0 heterocycles. The first kappa shape index (κ1) is 16.8. The van der Waals surface area contributed by atoms with E-state index in [2.05, 4.69) is 38.0 Å². The Kier molecular flexibility index (Phi) is 18.6. The fourth-order valence-corrected chi connectivity index (χ4v) is 0.189. The Hall–Kier alpha value is -0.560. The van der Waals surface area contributed by atoms with Crippen LogP contribution >= 0.6 is 23.7 Å². The summed E-state index contributed by atoms with van der Waals surface area (Å²) in [5, 5.41) is 0. The molecule has 0 radical (unpaired) electrons. The molecule has 0 aromatic heterocycles. The van der Waals surface area contributed by atoms with Gasteiger partial charge in [-0.05, 0) is 7.05 Å². The molecule has 0 fully saturated rings. The van der Waals surface area contributed by atoms with E-state index in [9.17, 15) is 9.59 Å². The van der Waals surface area contributed by atoms with E-state index in [0.29, 0.717) is 0 Å². The topological polar surface area (TPSA) is 114 Å². The van der Waals surface area contributed by atoms with E-state index in [-0.39, 0.29) is 6.15 Å². The number of hydrogen-bond donors (Lipinski definition) is 2. The molecule has 0 aliphatic heterocycles. The van der Waals surface area contributed by atoms with Crippen LogP contribution in [0, 0.1) is 0 Å². The maximum atomic E-state index is 9.83. The van der Waals surface area contributed by atoms with Crippen LogP contribution in [0.1, 0.15) is 0 Å². The molecule has 11 heavy (non-hydrogen) atoms. The molecular weight excluding hydrogens is 199 g/mol. The summed E-state index contributed by atoms with van der Waals surface area (Å²) in [6.45, 7) is 0. The van der Waals surface area contributed by atoms with Crippen LogP contribution in [0.3, 0.4) is 0 Å². The summed E-state index contributed by atoms with van der Waals surface area (Å²) in [4.78, 5) is 19.7. The van der Waals surface area contributed by atoms with Gasteiger partial charge in [0.1, 0.15) is 23.7 Å². The van der Waals surface area contributed by atoms with E-state index in [1.165, 1.54) is 7.05 Å². The van der Waals surface area contributed by atoms with Crippen molar-refractivity contribution in [1.82, 2.24) is 6.15 Å². The zero-order valence-corrected chi connectivity index (χ0v) is 7.19. The van der Waals surface area contributed by atoms with E-state index >= 15 is 0 Å². The SMILES string of the molecule is CN.N.O=C(OCl)C(=O)OCl. The number of carbonyl (C=O) groups excluding carboxylic acids is 2. The quantitative estimate of drug-likeness (QED) is 0.545. The van der Waals surface area contributed by atoms with Crippen LogP contribution in [-0.2, 0) is 18.2 Å². The normalized spacial score (nSPS) is 6.18. The van der Waals surface area contributed by atoms with E-state index in [1.807, 2.05) is 0 Å². The lowest BCUT2D eigenvalue weighted by Gasteiger charge is -1.86. The van der Waals surface area contributed by atoms with Crippen molar-refractivity contribution in [2.75, 3.05) is 7.05 Å². The molecule has 0 bridgehead atoms. The summed E-state index contributed by atoms with van der Waals surface area (Å²) in [6, 6.07) is 0. The fourth-order valence-electron chi connectivity index (χ4n) is 0.0630. The lowest BCUT2D eigenvalue weighted by Crippen LogP contribution is -2.12. The minimum absolute atomic E-state index is 0. The maximum Gasteiger partial charge on any atom is 0.437 e. The molecule has 6 nitrogen and oxygen atoms in total. The average Bonchev–Trinajstić information content (AvgIpc) is 2.05. The molecule has 68 valence electrons. The van der Waals surface area contributed by atoms with E-state index < -0.39 is 11.9 Å². The van der Waals surface area contributed by atoms with Crippen molar-refractivity contribution in [3.05, 3.63) is 0 Å². The van der Waals surface area contributed by atoms with Crippen LogP contribution in [0.5, 0.6) is 0 Å². The smallest absolute Gasteiger partial charge is 0.344 e. The van der Waals surface area contributed by atoms with Crippen LogP contribution in [0.25, 0.3) is 0 Å². The minimum Gasteiger partial charge on any atom is -0.344 e. The number of carbonyl (C=O) groups is 2. The first-order chi connectivity index (χ1) is 4.72. The molecule has 0 aliphatic carbocycles. The second kappa shape index (κ2) is 12.1. The van der Waals surface area contributed by atoms with Crippen molar-refractivity contribution in [1.29, 1.82) is 0 Å². The van der Waals surface area contributed by atoms with Gasteiger partial charge in [-0.25, -0.2) is 9.59 Å². The summed E-state index contributed by atoms with van der Waals surface area (Å²) in [5.41, 5.74) is 4.50. The van der Waals surface area contributed by atoms with Gasteiger partial charge in [-0.3, -0.25) is 0 Å². The molecule has 0 saturated heterocycles. The highest BCUT2D eigenvalue weighted by Gasteiger charge is 2.15. The molecule has 8 heteroatoms. The second-order valence-electron chi connectivity index (χ2n) is 0.729. The van der Waals surface area contributed by atoms with Gasteiger partial charge < -0.3 is 20.5 Å². The third-order valence-corrected chi connectivity index (χ3v) is 0.587. The van der Waals surface area contributed by atoms with Gasteiger partial charge in [-0.1, -0.05) is 0 Å². The Morgan fingerprint density at radius 3 is 1.36 bits per heavy atom. The van der Waals surface area contributed by atoms with Gasteiger partial charge >= 0.3 is 11.9 Å². The Balaban J connectivity index is -0.000000196. The van der Waals surface area contributed by atoms with Crippen molar-refractivity contribution in [2.24, 2.45) is 5.73 Å². The largest absolute Gasteiger partial charge is 0.437 e. The number of rotatable bonds is 0. The summed E-state index contributed by atoms with van der Waals surface area (Å²) < 4.78 is 6.75. The monoisotopic (exact) mass is 206 g/mol. The van der Waals surface area contributed by atoms with Gasteiger partial charge in [0.15, 0.2) is 0 Å². The summed E-state index contributed by atoms with van der Waals surface area (Å²) >= 11 is 8.83. The van der Waals surface area contributed by atoms with E-state index in [4.69, 9.17) is 0 Å². The second-order valence-corrected chi connectivity index (χ2v) is 1.04. The molecule has 0 saturated carbocycles. The van der Waals surface area contributed by atoms with Crippen molar-refractivity contribution in [2.45, 2.75) is 0 Å². The summed E-state index contributed by atoms with van der Waals surface area (Å²) in [5.74, 6) is -2.69. The van der Waals surface area contributed by atoms with Gasteiger partial charge in [0, 0.05) is 0 Å². The fraction of sp³-hybridized carbons (Fsp3) is 0.333. The molecule has 0 aromatic carbocycles. The summed E-state index contributed by atoms with van der Waals surface area (Å²) in [7, 11) is 1.50. The zero-order chi connectivity index (χ0) is 8.57. The van der Waals surface area contributed by atoms with Gasteiger partial charge in [0.25, 0.3) is 0 Å². The van der Waals surface area contributed by atoms with Crippen LogP contribution in [0.2, 0.25) is 0 Å². The van der Waals surface area contributed by atoms with Gasteiger partial charge in [0.05, 0.1) is 0 Å². The van der Waals surface area contributed by atoms with Crippen molar-refractivity contribution >= 4 is 35.7 Å². The van der Waals surface area contributed by atoms with Crippen molar-refractivity contribution in [3.63, 3.8) is 0 Å². The van der Waals surface area contributed by atoms with Crippen LogP contribution in [0.4, 0.5) is 0 Å². The highest BCUT2D eigenvalue weighted by molar-refractivity contribution is 6.38. The van der Waals surface area contributed by atoms with Crippen LogP contribution < -0.4 is 11.9 Å². The molecule has 0 spiro atoms. The van der Waals surface area contributed by atoms with Crippen LogP contribution in [-0.4, -0.2) is 19.0 Å². The molecule has 0 amide bonds. The standard InChI is InChI=1S/C2Cl2O4.CH5N.H3N/c3-7-1(5)2(6)8-4;1-2;/h;2H2,1H3;1H3. The Bertz CT molecular complexity index is 106. The highest BCUT2D eigenvalue weighted by atomic mass is 35.5. The zero-order valence-electron chi connectivity index (χ0n) is 5.67. The third kappa shape index (κ3) is 9.44. The van der Waals surface area contributed by atoms with Crippen molar-refractivity contribution in [3.8, 4) is 0 Å². The lowest BCUT2D eigenvalue weighted by atomic mass is 10.7. The Morgan fingerprint density at radius 1 is 1.09 bits per heavy atom. The molecule has 0 atom stereocenters. The summed E-state index contributed by atoms with van der Waals surface area (Å²) in [6.07, 6.45) is 0. The van der Waals surface area contributed by atoms with Gasteiger partial charge in [0.2, 0.25) is 0 Å². The van der Waals surface area contributed by atoms with Gasteiger partial charge in [-0.15, -0.1) is 0 Å². The molecule has 5 N–H and O–H groups in total. The van der Waals surface area contributed by atoms with E-state index in [1.54, 1.807) is 0 Å². The third-order valence-electron chi connectivity index (χ3n) is 0.307. The number of nitrogens with two attached hydrogens (primary N) is 1. The minimum atomic E-state index is -1.35. The number of halogens is 2. The highest BCUT2D eigenvalue weighted by Crippen LogP contribution is 1.88. The van der Waals surface area contributed by atoms with Crippen LogP contribution in [0.15, 0.2) is 0 Å². The lowest BCUT2D eigenvalue weighted by molar-refractivity contribution is -0.155. The van der Waals surface area contributed by atoms with Crippen molar-refractivity contribution < 1.29 is 18.2 Å². The Labute approximate surface area is 73.5 Å². The predicted octanol–water partition coefficient (Wildman–Crippen LogP) is 0.117. The first-order valence-corrected chi connectivity index (χ1v) is 2.57. The molecular formula is C3H8Cl2N2O4. The molecule has 0 unspecified atom stereocenters. The average molecular weight is 207 g/mol. The van der Waals surface area contributed by atoms with Gasteiger partial charge in [-0.2, -0.15) is 0 Å². The molecule has 0 aromatic rings. The van der Waals surface area contributed by atoms with E-state index in [0.717, 1.165) is 0 Å². The predicted molar refractivity (Wildman–Crippen MR) is 39.0 cm³/mol. The molecule has 0 rings (SSSR count).